The van der Waals surface area contributed by atoms with E-state index in [2.05, 4.69) is 9.97 Å². The molecule has 0 radical (unpaired) electrons. The summed E-state index contributed by atoms with van der Waals surface area (Å²) in [6.07, 6.45) is 0. The average molecular weight is 439 g/mol. The van der Waals surface area contributed by atoms with Gasteiger partial charge in [-0.15, -0.1) is 23.1 Å². The molecule has 0 aliphatic rings. The Labute approximate surface area is 181 Å². The van der Waals surface area contributed by atoms with Crippen LogP contribution in [-0.2, 0) is 11.4 Å². The van der Waals surface area contributed by atoms with Crippen molar-refractivity contribution in [2.45, 2.75) is 23.7 Å². The second-order valence-electron chi connectivity index (χ2n) is 6.40. The van der Waals surface area contributed by atoms with Crippen LogP contribution in [0.1, 0.15) is 22.4 Å². The van der Waals surface area contributed by atoms with Crippen molar-refractivity contribution >= 4 is 29.1 Å². The van der Waals surface area contributed by atoms with Gasteiger partial charge < -0.3 is 14.3 Å². The maximum absolute atomic E-state index is 11.6. The molecule has 30 heavy (non-hydrogen) atoms. The molecule has 0 aliphatic heterocycles. The lowest BCUT2D eigenvalue weighted by Crippen LogP contribution is -2.08. The van der Waals surface area contributed by atoms with E-state index in [0.717, 1.165) is 16.2 Å². The summed E-state index contributed by atoms with van der Waals surface area (Å²) in [7, 11) is 0. The fourth-order valence-corrected chi connectivity index (χ4v) is 4.34. The number of ether oxygens (including phenoxy) is 1. The van der Waals surface area contributed by atoms with E-state index in [4.69, 9.17) is 9.15 Å². The van der Waals surface area contributed by atoms with Crippen molar-refractivity contribution < 1.29 is 19.1 Å². The number of carboxylic acid groups (broad SMARTS) is 1. The number of nitrogens with zero attached hydrogens (tertiary/aromatic N) is 2. The Morgan fingerprint density at radius 2 is 1.97 bits per heavy atom. The van der Waals surface area contributed by atoms with E-state index < -0.39 is 11.2 Å². The second-order valence-corrected chi connectivity index (χ2v) is 8.29. The van der Waals surface area contributed by atoms with Gasteiger partial charge in [-0.1, -0.05) is 18.2 Å². The normalized spacial score (nSPS) is 11.9. The molecular formula is C22H18N2O4S2. The Kier molecular flexibility index (Phi) is 6.15. The highest BCUT2D eigenvalue weighted by molar-refractivity contribution is 8.00. The number of aryl methyl sites for hydroxylation is 1. The van der Waals surface area contributed by atoms with Gasteiger partial charge in [0.25, 0.3) is 0 Å². The van der Waals surface area contributed by atoms with E-state index in [1.807, 2.05) is 61.5 Å². The van der Waals surface area contributed by atoms with Gasteiger partial charge in [0.1, 0.15) is 29.1 Å². The second kappa shape index (κ2) is 9.15. The molecule has 0 aliphatic carbocycles. The van der Waals surface area contributed by atoms with Crippen LogP contribution in [-0.4, -0.2) is 21.0 Å². The van der Waals surface area contributed by atoms with Crippen molar-refractivity contribution in [1.29, 1.82) is 0 Å². The van der Waals surface area contributed by atoms with Gasteiger partial charge in [-0.05, 0) is 43.3 Å². The maximum atomic E-state index is 11.6. The van der Waals surface area contributed by atoms with E-state index in [0.29, 0.717) is 23.1 Å². The monoisotopic (exact) mass is 438 g/mol. The van der Waals surface area contributed by atoms with Crippen molar-refractivity contribution in [3.8, 4) is 17.2 Å². The van der Waals surface area contributed by atoms with Crippen molar-refractivity contribution in [3.63, 3.8) is 0 Å². The van der Waals surface area contributed by atoms with Crippen LogP contribution in [0.3, 0.4) is 0 Å². The molecule has 6 nitrogen and oxygen atoms in total. The number of thiazole rings is 1. The molecule has 152 valence electrons. The van der Waals surface area contributed by atoms with Crippen LogP contribution in [0, 0.1) is 6.92 Å². The van der Waals surface area contributed by atoms with E-state index in [1.54, 1.807) is 10.9 Å². The molecule has 0 spiro atoms. The minimum Gasteiger partial charge on any atom is -0.487 e. The lowest BCUT2D eigenvalue weighted by molar-refractivity contribution is -0.136. The van der Waals surface area contributed by atoms with Crippen LogP contribution in [0.2, 0.25) is 0 Å². The predicted octanol–water partition coefficient (Wildman–Crippen LogP) is 5.60. The number of oxazole rings is 1. The number of aliphatic carboxylic acids is 1. The van der Waals surface area contributed by atoms with Gasteiger partial charge in [0.2, 0.25) is 5.89 Å². The molecule has 1 unspecified atom stereocenters. The third-order valence-electron chi connectivity index (χ3n) is 4.31. The van der Waals surface area contributed by atoms with Gasteiger partial charge in [-0.25, -0.2) is 9.97 Å². The molecule has 2 aromatic carbocycles. The molecule has 0 bridgehead atoms. The Morgan fingerprint density at radius 3 is 2.63 bits per heavy atom. The number of hydrogen-bond donors (Lipinski definition) is 1. The Balaban J connectivity index is 1.40. The summed E-state index contributed by atoms with van der Waals surface area (Å²) in [6.45, 7) is 2.15. The summed E-state index contributed by atoms with van der Waals surface area (Å²) in [4.78, 5) is 21.0. The summed E-state index contributed by atoms with van der Waals surface area (Å²) in [5.74, 6) is 1.04. The van der Waals surface area contributed by atoms with Gasteiger partial charge in [0.15, 0.2) is 0 Å². The zero-order chi connectivity index (χ0) is 20.9. The highest BCUT2D eigenvalue weighted by atomic mass is 32.2. The highest BCUT2D eigenvalue weighted by Gasteiger charge is 2.23. The third kappa shape index (κ3) is 4.72. The van der Waals surface area contributed by atoms with Crippen LogP contribution in [0.4, 0.5) is 0 Å². The number of rotatable bonds is 8. The molecule has 2 heterocycles. The van der Waals surface area contributed by atoms with Crippen molar-refractivity contribution in [1.82, 2.24) is 9.97 Å². The average Bonchev–Trinajstić information content (AvgIpc) is 3.42. The first-order valence-electron chi connectivity index (χ1n) is 9.12. The van der Waals surface area contributed by atoms with Gasteiger partial charge >= 0.3 is 5.97 Å². The molecule has 2 aromatic heterocycles. The Bertz CT molecular complexity index is 1110. The molecular weight excluding hydrogens is 420 g/mol. The summed E-state index contributed by atoms with van der Waals surface area (Å²) >= 11 is 2.63. The molecule has 1 atom stereocenters. The van der Waals surface area contributed by atoms with E-state index in [-0.39, 0.29) is 6.61 Å². The van der Waals surface area contributed by atoms with Crippen LogP contribution >= 0.6 is 23.1 Å². The Hall–Kier alpha value is -3.10. The minimum atomic E-state index is -0.915. The van der Waals surface area contributed by atoms with Gasteiger partial charge in [-0.2, -0.15) is 0 Å². The summed E-state index contributed by atoms with van der Waals surface area (Å²) in [5.41, 5.74) is 3.84. The number of hydrogen-bond acceptors (Lipinski definition) is 7. The molecule has 4 rings (SSSR count). The largest absolute Gasteiger partial charge is 0.487 e. The standard InChI is InChI=1S/C22H18N2O4S2/c1-14-18(24-21(28-14)15-5-3-2-4-6-15)11-27-16-7-9-17(10-8-16)30-20(22(25)26)19-12-29-13-23-19/h2-10,12-13,20H,11H2,1H3,(H,25,26). The zero-order valence-corrected chi connectivity index (χ0v) is 17.7. The fourth-order valence-electron chi connectivity index (χ4n) is 2.76. The van der Waals surface area contributed by atoms with E-state index in [1.165, 1.54) is 23.1 Å². The van der Waals surface area contributed by atoms with Crippen LogP contribution in [0.15, 0.2) is 74.8 Å². The smallest absolute Gasteiger partial charge is 0.323 e. The summed E-state index contributed by atoms with van der Waals surface area (Å²) in [6, 6.07) is 17.0. The zero-order valence-electron chi connectivity index (χ0n) is 16.0. The van der Waals surface area contributed by atoms with Crippen LogP contribution in [0.25, 0.3) is 11.5 Å². The molecule has 4 aromatic rings. The summed E-state index contributed by atoms with van der Waals surface area (Å²) in [5, 5.41) is 10.5. The quantitative estimate of drug-likeness (QED) is 0.358. The van der Waals surface area contributed by atoms with Gasteiger partial charge in [0.05, 0.1) is 11.2 Å². The van der Waals surface area contributed by atoms with E-state index in [9.17, 15) is 9.90 Å². The summed E-state index contributed by atoms with van der Waals surface area (Å²) < 4.78 is 11.6. The molecule has 1 N–H and O–H groups in total. The van der Waals surface area contributed by atoms with Crippen LogP contribution in [0.5, 0.6) is 5.75 Å². The van der Waals surface area contributed by atoms with E-state index >= 15 is 0 Å². The first-order chi connectivity index (χ1) is 14.6. The van der Waals surface area contributed by atoms with Crippen molar-refractivity contribution in [3.05, 3.63) is 82.6 Å². The number of benzene rings is 2. The SMILES string of the molecule is Cc1oc(-c2ccccc2)nc1COc1ccc(SC(C(=O)O)c2cscn2)cc1. The maximum Gasteiger partial charge on any atom is 0.323 e. The van der Waals surface area contributed by atoms with Crippen molar-refractivity contribution in [2.75, 3.05) is 0 Å². The Morgan fingerprint density at radius 1 is 1.20 bits per heavy atom. The number of carbonyl (C=O) groups is 1. The highest BCUT2D eigenvalue weighted by Crippen LogP contribution is 2.36. The number of thioether (sulfide) groups is 1. The topological polar surface area (TPSA) is 85.5 Å². The first-order valence-corrected chi connectivity index (χ1v) is 10.9. The lowest BCUT2D eigenvalue weighted by Gasteiger charge is -2.10. The molecule has 0 saturated carbocycles. The molecule has 0 amide bonds. The first kappa shape index (κ1) is 20.2. The number of aromatic nitrogens is 2. The molecule has 0 fully saturated rings. The van der Waals surface area contributed by atoms with Gasteiger partial charge in [0, 0.05) is 15.8 Å². The third-order valence-corrected chi connectivity index (χ3v) is 6.14. The molecule has 8 heteroatoms. The predicted molar refractivity (Wildman–Crippen MR) is 116 cm³/mol. The van der Waals surface area contributed by atoms with Crippen LogP contribution < -0.4 is 4.74 Å². The lowest BCUT2D eigenvalue weighted by atomic mass is 10.2. The number of carboxylic acids is 1. The van der Waals surface area contributed by atoms with Gasteiger partial charge in [-0.3, -0.25) is 4.79 Å². The molecule has 0 saturated heterocycles. The minimum absolute atomic E-state index is 0.283. The fraction of sp³-hybridized carbons (Fsp3) is 0.136. The van der Waals surface area contributed by atoms with Crippen molar-refractivity contribution in [2.24, 2.45) is 0 Å².